The van der Waals surface area contributed by atoms with Crippen LogP contribution in [0.4, 0.5) is 5.69 Å². The largest absolute Gasteiger partial charge is 0.352 e. The second-order valence-electron chi connectivity index (χ2n) is 10.6. The predicted octanol–water partition coefficient (Wildman–Crippen LogP) is 2.80. The average molecular weight is 504 g/mol. The van der Waals surface area contributed by atoms with Crippen LogP contribution in [-0.4, -0.2) is 65.4 Å². The lowest BCUT2D eigenvalue weighted by molar-refractivity contribution is -0.140. The molecule has 1 spiro atoms. The van der Waals surface area contributed by atoms with E-state index in [4.69, 9.17) is 5.73 Å². The lowest BCUT2D eigenvalue weighted by Crippen LogP contribution is -2.58. The van der Waals surface area contributed by atoms with Gasteiger partial charge in [0.2, 0.25) is 11.8 Å². The van der Waals surface area contributed by atoms with Gasteiger partial charge in [-0.2, -0.15) is 0 Å². The molecule has 3 N–H and O–H groups in total. The summed E-state index contributed by atoms with van der Waals surface area (Å²) in [6, 6.07) is 18.7. The SMILES string of the molecule is N[C@H](C(=O)N1CCC2(CC1)C(=O)N(CC(=O)NC1CCCCC1)CN2c1ccccc1)c1ccccc1. The van der Waals surface area contributed by atoms with E-state index in [1.54, 1.807) is 9.80 Å². The molecule has 3 amide bonds. The molecule has 0 unspecified atom stereocenters. The number of hydrogen-bond donors (Lipinski definition) is 2. The zero-order valence-corrected chi connectivity index (χ0v) is 21.4. The Hall–Kier alpha value is -3.39. The third kappa shape index (κ3) is 5.21. The first-order chi connectivity index (χ1) is 18.0. The van der Waals surface area contributed by atoms with Crippen molar-refractivity contribution in [1.29, 1.82) is 0 Å². The van der Waals surface area contributed by atoms with Gasteiger partial charge in [0.1, 0.15) is 18.1 Å². The number of nitrogens with zero attached hydrogens (tertiary/aromatic N) is 3. The second-order valence-corrected chi connectivity index (χ2v) is 10.6. The van der Waals surface area contributed by atoms with Gasteiger partial charge < -0.3 is 25.8 Å². The summed E-state index contributed by atoms with van der Waals surface area (Å²) in [6.45, 7) is 1.30. The molecule has 5 rings (SSSR count). The molecular weight excluding hydrogens is 466 g/mol. The van der Waals surface area contributed by atoms with E-state index in [1.807, 2.05) is 60.7 Å². The van der Waals surface area contributed by atoms with Crippen LogP contribution in [0.1, 0.15) is 56.6 Å². The van der Waals surface area contributed by atoms with Crippen LogP contribution in [0.5, 0.6) is 0 Å². The fourth-order valence-electron chi connectivity index (χ4n) is 6.11. The van der Waals surface area contributed by atoms with Gasteiger partial charge in [-0.25, -0.2) is 0 Å². The lowest BCUT2D eigenvalue weighted by atomic mass is 9.85. The Morgan fingerprint density at radius 2 is 1.57 bits per heavy atom. The van der Waals surface area contributed by atoms with Crippen molar-refractivity contribution < 1.29 is 14.4 Å². The maximum atomic E-state index is 13.9. The van der Waals surface area contributed by atoms with E-state index in [2.05, 4.69) is 10.2 Å². The van der Waals surface area contributed by atoms with Gasteiger partial charge in [-0.3, -0.25) is 14.4 Å². The summed E-state index contributed by atoms with van der Waals surface area (Å²) in [5.74, 6) is -0.247. The van der Waals surface area contributed by atoms with Gasteiger partial charge in [-0.05, 0) is 43.4 Å². The minimum atomic E-state index is -0.778. The lowest BCUT2D eigenvalue weighted by Gasteiger charge is -2.43. The number of rotatable bonds is 6. The monoisotopic (exact) mass is 503 g/mol. The number of amides is 3. The number of benzene rings is 2. The summed E-state index contributed by atoms with van der Waals surface area (Å²) in [6.07, 6.45) is 6.51. The summed E-state index contributed by atoms with van der Waals surface area (Å²) in [4.78, 5) is 45.5. The van der Waals surface area contributed by atoms with Crippen molar-refractivity contribution in [3.8, 4) is 0 Å². The molecule has 8 heteroatoms. The first-order valence-corrected chi connectivity index (χ1v) is 13.5. The molecule has 3 fully saturated rings. The van der Waals surface area contributed by atoms with Crippen molar-refractivity contribution in [3.05, 3.63) is 66.2 Å². The third-order valence-corrected chi connectivity index (χ3v) is 8.21. The van der Waals surface area contributed by atoms with Gasteiger partial charge in [-0.15, -0.1) is 0 Å². The van der Waals surface area contributed by atoms with Crippen LogP contribution in [0, 0.1) is 0 Å². The Morgan fingerprint density at radius 3 is 2.22 bits per heavy atom. The first-order valence-electron chi connectivity index (χ1n) is 13.5. The summed E-state index contributed by atoms with van der Waals surface area (Å²) in [5, 5.41) is 3.14. The zero-order valence-electron chi connectivity index (χ0n) is 21.4. The van der Waals surface area contributed by atoms with Gasteiger partial charge in [0, 0.05) is 24.8 Å². The van der Waals surface area contributed by atoms with Crippen molar-refractivity contribution in [2.45, 2.75) is 62.6 Å². The van der Waals surface area contributed by atoms with Crippen LogP contribution in [0.15, 0.2) is 60.7 Å². The number of piperidine rings is 1. The molecule has 0 aromatic heterocycles. The van der Waals surface area contributed by atoms with E-state index < -0.39 is 11.6 Å². The molecule has 196 valence electrons. The van der Waals surface area contributed by atoms with Gasteiger partial charge in [0.25, 0.3) is 5.91 Å². The Morgan fingerprint density at radius 1 is 0.946 bits per heavy atom. The topological polar surface area (TPSA) is 99.0 Å². The fraction of sp³-hybridized carbons (Fsp3) is 0.483. The van der Waals surface area contributed by atoms with Crippen LogP contribution in [0.3, 0.4) is 0 Å². The van der Waals surface area contributed by atoms with Crippen LogP contribution in [0.25, 0.3) is 0 Å². The van der Waals surface area contributed by atoms with Gasteiger partial charge >= 0.3 is 0 Å². The Balaban J connectivity index is 1.30. The van der Waals surface area contributed by atoms with Crippen molar-refractivity contribution in [2.24, 2.45) is 5.73 Å². The maximum absolute atomic E-state index is 13.9. The number of nitrogens with one attached hydrogen (secondary N) is 1. The standard InChI is InChI=1S/C29H37N5O3/c30-26(22-10-4-1-5-11-22)27(36)32-18-16-29(17-19-32)28(37)33(21-34(29)24-14-8-3-9-15-24)20-25(35)31-23-12-6-2-7-13-23/h1,3-5,8-11,14-15,23,26H,2,6-7,12-13,16-21,30H2,(H,31,35)/t26-/m0/s1. The first kappa shape index (κ1) is 25.3. The third-order valence-electron chi connectivity index (χ3n) is 8.21. The molecule has 0 radical (unpaired) electrons. The molecule has 0 bridgehead atoms. The summed E-state index contributed by atoms with van der Waals surface area (Å²) < 4.78 is 0. The number of carbonyl (C=O) groups excluding carboxylic acids is 3. The Labute approximate surface area is 218 Å². The van der Waals surface area contributed by atoms with Crippen molar-refractivity contribution in [1.82, 2.24) is 15.1 Å². The summed E-state index contributed by atoms with van der Waals surface area (Å²) >= 11 is 0. The minimum absolute atomic E-state index is 0.0328. The number of nitrogens with two attached hydrogens (primary N) is 1. The molecule has 1 saturated carbocycles. The maximum Gasteiger partial charge on any atom is 0.250 e. The van der Waals surface area contributed by atoms with Crippen LogP contribution in [0.2, 0.25) is 0 Å². The minimum Gasteiger partial charge on any atom is -0.352 e. The Bertz CT molecular complexity index is 1100. The molecule has 8 nitrogen and oxygen atoms in total. The highest BCUT2D eigenvalue weighted by Crippen LogP contribution is 2.39. The summed E-state index contributed by atoms with van der Waals surface area (Å²) in [7, 11) is 0. The van der Waals surface area contributed by atoms with Crippen LogP contribution in [-0.2, 0) is 14.4 Å². The number of carbonyl (C=O) groups is 3. The molecular formula is C29H37N5O3. The normalized spacial score (nSPS) is 20.8. The number of likely N-dealkylation sites (tertiary alicyclic amines) is 1. The van der Waals surface area contributed by atoms with E-state index >= 15 is 0 Å². The molecule has 3 aliphatic rings. The van der Waals surface area contributed by atoms with Crippen LogP contribution >= 0.6 is 0 Å². The Kier molecular flexibility index (Phi) is 7.46. The van der Waals surface area contributed by atoms with Crippen molar-refractivity contribution >= 4 is 23.4 Å². The quantitative estimate of drug-likeness (QED) is 0.632. The highest BCUT2D eigenvalue weighted by molar-refractivity contribution is 5.96. The van der Waals surface area contributed by atoms with E-state index in [0.29, 0.717) is 32.6 Å². The van der Waals surface area contributed by atoms with Crippen LogP contribution < -0.4 is 16.0 Å². The number of anilines is 1. The molecule has 2 aliphatic heterocycles. The smallest absolute Gasteiger partial charge is 0.250 e. The zero-order chi connectivity index (χ0) is 25.8. The average Bonchev–Trinajstić information content (AvgIpc) is 3.20. The highest BCUT2D eigenvalue weighted by atomic mass is 16.2. The van der Waals surface area contributed by atoms with Gasteiger partial charge in [0.15, 0.2) is 0 Å². The van der Waals surface area contributed by atoms with Crippen molar-refractivity contribution in [3.63, 3.8) is 0 Å². The number of para-hydroxylation sites is 1. The molecule has 1 aliphatic carbocycles. The number of hydrogen-bond acceptors (Lipinski definition) is 5. The molecule has 37 heavy (non-hydrogen) atoms. The van der Waals surface area contributed by atoms with E-state index in [-0.39, 0.29) is 30.3 Å². The highest BCUT2D eigenvalue weighted by Gasteiger charge is 2.54. The van der Waals surface area contributed by atoms with Crippen molar-refractivity contribution in [2.75, 3.05) is 31.2 Å². The molecule has 2 aromatic carbocycles. The van der Waals surface area contributed by atoms with E-state index in [1.165, 1.54) is 6.42 Å². The predicted molar refractivity (Wildman–Crippen MR) is 142 cm³/mol. The second kappa shape index (κ2) is 10.9. The van der Waals surface area contributed by atoms with E-state index in [9.17, 15) is 14.4 Å². The molecule has 1 atom stereocenters. The molecule has 2 saturated heterocycles. The fourth-order valence-corrected chi connectivity index (χ4v) is 6.11. The molecule has 2 aromatic rings. The van der Waals surface area contributed by atoms with E-state index in [0.717, 1.165) is 36.9 Å². The summed E-state index contributed by atoms with van der Waals surface area (Å²) in [5.41, 5.74) is 7.25. The van der Waals surface area contributed by atoms with Gasteiger partial charge in [-0.1, -0.05) is 67.8 Å². The molecule has 2 heterocycles. The van der Waals surface area contributed by atoms with Gasteiger partial charge in [0.05, 0.1) is 6.67 Å².